The van der Waals surface area contributed by atoms with Crippen LogP contribution in [0.4, 0.5) is 17.6 Å². The molecule has 0 unspecified atom stereocenters. The van der Waals surface area contributed by atoms with Crippen LogP contribution < -0.4 is 0 Å². The molecule has 0 amide bonds. The monoisotopic (exact) mass is 270 g/mol. The first-order chi connectivity index (χ1) is 8.93. The molecule has 0 aliphatic heterocycles. The zero-order valence-electron chi connectivity index (χ0n) is 9.32. The van der Waals surface area contributed by atoms with E-state index >= 15 is 0 Å². The van der Waals surface area contributed by atoms with Crippen LogP contribution in [0.3, 0.4) is 0 Å². The predicted octanol–water partition coefficient (Wildman–Crippen LogP) is 2.36. The first kappa shape index (κ1) is 13.0. The smallest absolute Gasteiger partial charge is 0.234 e. The summed E-state index contributed by atoms with van der Waals surface area (Å²) in [5, 5.41) is 15.0. The van der Waals surface area contributed by atoms with Crippen LogP contribution in [0.5, 0.6) is 0 Å². The molecule has 0 aliphatic carbocycles. The normalized spacial score (nSPS) is 11.3. The first-order valence-corrected chi connectivity index (χ1v) is 5.07. The molecule has 1 aromatic heterocycles. The quantitative estimate of drug-likeness (QED) is 0.787. The van der Waals surface area contributed by atoms with Crippen LogP contribution >= 0.6 is 0 Å². The Morgan fingerprint density at radius 2 is 1.95 bits per heavy atom. The second-order valence-electron chi connectivity index (χ2n) is 3.65. The first-order valence-electron chi connectivity index (χ1n) is 5.07. The van der Waals surface area contributed by atoms with E-state index in [4.69, 9.17) is 5.26 Å². The van der Waals surface area contributed by atoms with Crippen LogP contribution in [0.1, 0.15) is 17.0 Å². The molecular weight excluding hydrogens is 264 g/mol. The van der Waals surface area contributed by atoms with Gasteiger partial charge in [-0.2, -0.15) is 18.4 Å². The number of nitrogens with zero attached hydrogens (tertiary/aromatic N) is 4. The van der Waals surface area contributed by atoms with Crippen LogP contribution in [-0.2, 0) is 12.7 Å². The summed E-state index contributed by atoms with van der Waals surface area (Å²) in [7, 11) is 0. The lowest BCUT2D eigenvalue weighted by atomic mass is 10.2. The average molecular weight is 270 g/mol. The lowest BCUT2D eigenvalue weighted by molar-refractivity contribution is -0.144. The van der Waals surface area contributed by atoms with E-state index in [0.29, 0.717) is 4.68 Å². The highest BCUT2D eigenvalue weighted by Crippen LogP contribution is 2.31. The molecule has 1 aromatic carbocycles. The molecule has 0 saturated heterocycles. The highest BCUT2D eigenvalue weighted by atomic mass is 19.4. The van der Waals surface area contributed by atoms with Crippen molar-refractivity contribution in [3.63, 3.8) is 0 Å². The molecule has 4 nitrogen and oxygen atoms in total. The molecule has 98 valence electrons. The minimum absolute atomic E-state index is 0.0300. The molecule has 0 fully saturated rings. The molecule has 0 radical (unpaired) electrons. The molecule has 19 heavy (non-hydrogen) atoms. The molecule has 0 aliphatic rings. The van der Waals surface area contributed by atoms with Gasteiger partial charge in [-0.05, 0) is 6.07 Å². The van der Waals surface area contributed by atoms with Crippen molar-refractivity contribution in [2.75, 3.05) is 0 Å². The van der Waals surface area contributed by atoms with Crippen molar-refractivity contribution in [2.45, 2.75) is 12.7 Å². The van der Waals surface area contributed by atoms with Crippen LogP contribution in [0.15, 0.2) is 24.3 Å². The second kappa shape index (κ2) is 4.68. The average Bonchev–Trinajstić information content (AvgIpc) is 2.75. The van der Waals surface area contributed by atoms with Gasteiger partial charge in [0.2, 0.25) is 0 Å². The lowest BCUT2D eigenvalue weighted by Crippen LogP contribution is -2.17. The summed E-state index contributed by atoms with van der Waals surface area (Å²) in [5.41, 5.74) is -2.08. The molecule has 0 N–H and O–H groups in total. The fourth-order valence-corrected chi connectivity index (χ4v) is 1.57. The van der Waals surface area contributed by atoms with Crippen LogP contribution in [0.25, 0.3) is 0 Å². The van der Waals surface area contributed by atoms with Gasteiger partial charge in [0.1, 0.15) is 11.9 Å². The van der Waals surface area contributed by atoms with E-state index in [9.17, 15) is 17.6 Å². The fourth-order valence-electron chi connectivity index (χ4n) is 1.57. The van der Waals surface area contributed by atoms with Crippen molar-refractivity contribution < 1.29 is 17.6 Å². The lowest BCUT2D eigenvalue weighted by Gasteiger charge is -2.09. The highest BCUT2D eigenvalue weighted by Gasteiger charge is 2.39. The van der Waals surface area contributed by atoms with Crippen LogP contribution in [0.2, 0.25) is 0 Å². The Bertz CT molecular complexity index is 639. The molecule has 2 rings (SSSR count). The Balaban J connectivity index is 2.45. The number of rotatable bonds is 2. The molecule has 2 aromatic rings. The maximum absolute atomic E-state index is 13.4. The maximum atomic E-state index is 13.4. The Hall–Kier alpha value is -2.43. The van der Waals surface area contributed by atoms with Gasteiger partial charge in [0.15, 0.2) is 11.4 Å². The van der Waals surface area contributed by atoms with E-state index < -0.39 is 29.9 Å². The van der Waals surface area contributed by atoms with Crippen LogP contribution in [0, 0.1) is 17.1 Å². The van der Waals surface area contributed by atoms with E-state index in [2.05, 4.69) is 10.3 Å². The van der Waals surface area contributed by atoms with Crippen molar-refractivity contribution in [1.29, 1.82) is 5.26 Å². The van der Waals surface area contributed by atoms with Gasteiger partial charge in [0, 0.05) is 5.56 Å². The molecule has 1 heterocycles. The largest absolute Gasteiger partial charge is 0.436 e. The molecule has 0 bridgehead atoms. The third-order valence-electron chi connectivity index (χ3n) is 2.39. The summed E-state index contributed by atoms with van der Waals surface area (Å²) in [5.74, 6) is -0.648. The van der Waals surface area contributed by atoms with Gasteiger partial charge >= 0.3 is 6.18 Å². The Morgan fingerprint density at radius 3 is 2.53 bits per heavy atom. The van der Waals surface area contributed by atoms with Gasteiger partial charge in [-0.15, -0.1) is 5.10 Å². The summed E-state index contributed by atoms with van der Waals surface area (Å²) >= 11 is 0. The van der Waals surface area contributed by atoms with Crippen molar-refractivity contribution in [2.24, 2.45) is 0 Å². The maximum Gasteiger partial charge on any atom is 0.436 e. The predicted molar refractivity (Wildman–Crippen MR) is 55.2 cm³/mol. The van der Waals surface area contributed by atoms with E-state index in [-0.39, 0.29) is 5.56 Å². The summed E-state index contributed by atoms with van der Waals surface area (Å²) < 4.78 is 52.2. The van der Waals surface area contributed by atoms with Crippen molar-refractivity contribution in [1.82, 2.24) is 15.0 Å². The number of halogens is 4. The zero-order chi connectivity index (χ0) is 14.0. The number of hydrogen-bond donors (Lipinski definition) is 0. The fraction of sp³-hybridized carbons (Fsp3) is 0.182. The number of alkyl halides is 3. The van der Waals surface area contributed by atoms with Crippen molar-refractivity contribution in [3.05, 3.63) is 47.0 Å². The minimum Gasteiger partial charge on any atom is -0.234 e. The zero-order valence-corrected chi connectivity index (χ0v) is 9.32. The molecule has 8 heteroatoms. The summed E-state index contributed by atoms with van der Waals surface area (Å²) in [6, 6.07) is 6.70. The third kappa shape index (κ3) is 2.54. The van der Waals surface area contributed by atoms with Gasteiger partial charge < -0.3 is 0 Å². The van der Waals surface area contributed by atoms with Crippen molar-refractivity contribution >= 4 is 0 Å². The molecular formula is C11H6F4N4. The third-order valence-corrected chi connectivity index (χ3v) is 2.39. The Kier molecular flexibility index (Phi) is 3.21. The van der Waals surface area contributed by atoms with E-state index in [0.717, 1.165) is 6.07 Å². The van der Waals surface area contributed by atoms with Gasteiger partial charge in [0.05, 0.1) is 6.54 Å². The number of aromatic nitrogens is 3. The standard InChI is InChI=1S/C11H6F4N4/c12-8-4-2-1-3-7(8)6-19-10(11(13,14)15)9(5-16)17-18-19/h1-4H,6H2. The Morgan fingerprint density at radius 1 is 1.26 bits per heavy atom. The summed E-state index contributed by atoms with van der Waals surface area (Å²) in [4.78, 5) is 0. The number of benzene rings is 1. The van der Waals surface area contributed by atoms with E-state index in [1.807, 2.05) is 0 Å². The van der Waals surface area contributed by atoms with Gasteiger partial charge in [-0.3, -0.25) is 0 Å². The molecule has 0 saturated carbocycles. The second-order valence-corrected chi connectivity index (χ2v) is 3.65. The summed E-state index contributed by atoms with van der Waals surface area (Å²) in [6.45, 7) is -0.448. The van der Waals surface area contributed by atoms with Gasteiger partial charge in [-0.1, -0.05) is 23.4 Å². The van der Waals surface area contributed by atoms with E-state index in [1.54, 1.807) is 0 Å². The summed E-state index contributed by atoms with van der Waals surface area (Å²) in [6.07, 6.45) is -4.78. The molecule has 0 spiro atoms. The highest BCUT2D eigenvalue weighted by molar-refractivity contribution is 5.28. The van der Waals surface area contributed by atoms with Crippen molar-refractivity contribution in [3.8, 4) is 6.07 Å². The van der Waals surface area contributed by atoms with E-state index in [1.165, 1.54) is 24.3 Å². The number of nitriles is 1. The topological polar surface area (TPSA) is 54.5 Å². The molecule has 0 atom stereocenters. The Labute approximate surface area is 104 Å². The van der Waals surface area contributed by atoms with Gasteiger partial charge in [-0.25, -0.2) is 9.07 Å². The SMILES string of the molecule is N#Cc1nnn(Cc2ccccc2F)c1C(F)(F)F. The van der Waals surface area contributed by atoms with Crippen LogP contribution in [-0.4, -0.2) is 15.0 Å². The number of hydrogen-bond acceptors (Lipinski definition) is 3. The minimum atomic E-state index is -4.78. The van der Waals surface area contributed by atoms with Gasteiger partial charge in [0.25, 0.3) is 0 Å².